The number of carbonyl (C=O) groups excluding carboxylic acids is 3. The molecule has 6 nitrogen and oxygen atoms in total. The number of aryl methyl sites for hydroxylation is 6. The molecule has 0 saturated carbocycles. The second kappa shape index (κ2) is 11.9. The third kappa shape index (κ3) is 6.94. The molecule has 0 aliphatic rings. The average molecular weight is 536 g/mol. The van der Waals surface area contributed by atoms with Gasteiger partial charge in [0, 0.05) is 24.2 Å². The highest BCUT2D eigenvalue weighted by Crippen LogP contribution is 2.54. The summed E-state index contributed by atoms with van der Waals surface area (Å²) >= 11 is 0. The molecule has 0 heterocycles. The molecule has 0 aromatic heterocycles. The van der Waals surface area contributed by atoms with E-state index < -0.39 is 30.4 Å². The van der Waals surface area contributed by atoms with E-state index in [1.807, 2.05) is 59.3 Å². The third-order valence-electron chi connectivity index (χ3n) is 6.46. The monoisotopic (exact) mass is 535 g/mol. The number of ether oxygens (including phenoxy) is 1. The quantitative estimate of drug-likeness (QED) is 0.214. The van der Waals surface area contributed by atoms with Gasteiger partial charge in [0.2, 0.25) is 24.4 Å². The second-order valence-corrected chi connectivity index (χ2v) is 13.3. The van der Waals surface area contributed by atoms with Crippen LogP contribution in [0.25, 0.3) is 0 Å². The molecule has 0 spiro atoms. The van der Waals surface area contributed by atoms with Crippen molar-refractivity contribution in [3.05, 3.63) is 68.8 Å². The maximum absolute atomic E-state index is 14.5. The summed E-state index contributed by atoms with van der Waals surface area (Å²) in [6.45, 7) is 12.7. The van der Waals surface area contributed by atoms with E-state index in [2.05, 4.69) is 0 Å². The second-order valence-electron chi connectivity index (χ2n) is 10.6. The van der Waals surface area contributed by atoms with Crippen molar-refractivity contribution in [3.8, 4) is 0 Å². The first kappa shape index (κ1) is 31.8. The zero-order chi connectivity index (χ0) is 26.9. The number of hydrogen-bond acceptors (Lipinski definition) is 5. The molecule has 0 bridgehead atoms. The molecule has 2 aromatic carbocycles. The molecule has 8 heteroatoms. The van der Waals surface area contributed by atoms with Gasteiger partial charge in [-0.05, 0) is 63.8 Å². The molecule has 0 amide bonds. The van der Waals surface area contributed by atoms with E-state index in [1.54, 1.807) is 34.6 Å². The van der Waals surface area contributed by atoms with Crippen LogP contribution < -0.4 is 12.4 Å². The van der Waals surface area contributed by atoms with E-state index in [0.717, 1.165) is 11.1 Å². The Labute approximate surface area is 221 Å². The van der Waals surface area contributed by atoms with Gasteiger partial charge in [0.1, 0.15) is 0 Å². The van der Waals surface area contributed by atoms with Crippen molar-refractivity contribution in [1.82, 2.24) is 0 Å². The molecule has 1 atom stereocenters. The van der Waals surface area contributed by atoms with Crippen LogP contribution >= 0.6 is 7.14 Å². The lowest BCUT2D eigenvalue weighted by Crippen LogP contribution is -3.00. The lowest BCUT2D eigenvalue weighted by Gasteiger charge is -2.30. The number of quaternary nitrogens is 1. The van der Waals surface area contributed by atoms with Gasteiger partial charge in [-0.2, -0.15) is 0 Å². The zero-order valence-corrected chi connectivity index (χ0v) is 24.8. The highest BCUT2D eigenvalue weighted by molar-refractivity contribution is 7.95. The molecule has 0 aliphatic carbocycles. The standard InChI is InChI=1S/C28H39NO5P.ClH/c1-17-13-19(3)25(20(4)14-17)27(31)35(33,12-11-24(30)34-23(7)29(8,9)10)28(32)26-21(5)15-18(2)16-22(26)6;/h13-16,23H,11-12H2,1-10H3;1H/q+1;/p-1. The van der Waals surface area contributed by atoms with Crippen LogP contribution in [-0.4, -0.2) is 55.0 Å². The van der Waals surface area contributed by atoms with Gasteiger partial charge in [0.05, 0.1) is 27.6 Å². The number of rotatable bonds is 9. The van der Waals surface area contributed by atoms with Crippen LogP contribution in [0.1, 0.15) is 67.4 Å². The van der Waals surface area contributed by atoms with Crippen LogP contribution in [0.3, 0.4) is 0 Å². The molecule has 0 saturated heterocycles. The van der Waals surface area contributed by atoms with Gasteiger partial charge in [-0.3, -0.25) is 18.9 Å². The van der Waals surface area contributed by atoms with E-state index in [0.29, 0.717) is 37.9 Å². The van der Waals surface area contributed by atoms with Gasteiger partial charge in [-0.25, -0.2) is 0 Å². The van der Waals surface area contributed by atoms with Crippen LogP contribution in [0, 0.1) is 41.5 Å². The van der Waals surface area contributed by atoms with Crippen LogP contribution in [-0.2, 0) is 14.1 Å². The Bertz CT molecular complexity index is 1110. The predicted molar refractivity (Wildman–Crippen MR) is 141 cm³/mol. The van der Waals surface area contributed by atoms with E-state index in [4.69, 9.17) is 4.74 Å². The number of carbonyl (C=O) groups is 3. The Morgan fingerprint density at radius 1 is 0.778 bits per heavy atom. The fourth-order valence-electron chi connectivity index (χ4n) is 4.35. The Kier molecular flexibility index (Phi) is 10.5. The van der Waals surface area contributed by atoms with Gasteiger partial charge in [-0.1, -0.05) is 35.4 Å². The minimum Gasteiger partial charge on any atom is -1.00 e. The predicted octanol–water partition coefficient (Wildman–Crippen LogP) is 2.87. The summed E-state index contributed by atoms with van der Waals surface area (Å²) in [7, 11) is 1.47. The number of esters is 1. The Morgan fingerprint density at radius 3 is 1.42 bits per heavy atom. The number of benzene rings is 2. The summed E-state index contributed by atoms with van der Waals surface area (Å²) in [5, 5.41) is 0. The normalized spacial score (nSPS) is 12.5. The van der Waals surface area contributed by atoms with Gasteiger partial charge >= 0.3 is 5.97 Å². The van der Waals surface area contributed by atoms with Gasteiger partial charge in [0.15, 0.2) is 0 Å². The van der Waals surface area contributed by atoms with Crippen molar-refractivity contribution in [2.45, 2.75) is 61.1 Å². The number of halogens is 1. The van der Waals surface area contributed by atoms with Gasteiger partial charge in [0.25, 0.3) is 0 Å². The van der Waals surface area contributed by atoms with E-state index in [1.165, 1.54) is 0 Å². The molecule has 198 valence electrons. The van der Waals surface area contributed by atoms with Crippen molar-refractivity contribution in [2.75, 3.05) is 27.3 Å². The molecule has 36 heavy (non-hydrogen) atoms. The van der Waals surface area contributed by atoms with Crippen molar-refractivity contribution in [2.24, 2.45) is 0 Å². The average Bonchev–Trinajstić information content (AvgIpc) is 2.69. The lowest BCUT2D eigenvalue weighted by molar-refractivity contribution is -0.914. The fraction of sp³-hybridized carbons (Fsp3) is 0.464. The zero-order valence-electron chi connectivity index (χ0n) is 23.1. The smallest absolute Gasteiger partial charge is 0.310 e. The summed E-state index contributed by atoms with van der Waals surface area (Å²) in [5.74, 6) is -0.582. The molecule has 0 fully saturated rings. The summed E-state index contributed by atoms with van der Waals surface area (Å²) in [6, 6.07) is 7.37. The molecule has 2 rings (SSSR count). The van der Waals surface area contributed by atoms with Crippen LogP contribution in [0.4, 0.5) is 0 Å². The number of hydrogen-bond donors (Lipinski definition) is 0. The van der Waals surface area contributed by atoms with Crippen LogP contribution in [0.5, 0.6) is 0 Å². The summed E-state index contributed by atoms with van der Waals surface area (Å²) < 4.78 is 20.4. The largest absolute Gasteiger partial charge is 1.00 e. The van der Waals surface area contributed by atoms with Gasteiger partial charge in [-0.15, -0.1) is 0 Å². The minimum absolute atomic E-state index is 0. The highest BCUT2D eigenvalue weighted by atomic mass is 35.5. The van der Waals surface area contributed by atoms with Crippen molar-refractivity contribution in [3.63, 3.8) is 0 Å². The first-order chi connectivity index (χ1) is 16.0. The van der Waals surface area contributed by atoms with Gasteiger partial charge < -0.3 is 21.7 Å². The Balaban J connectivity index is 0.00000648. The fourth-order valence-corrected chi connectivity index (χ4v) is 6.86. The maximum atomic E-state index is 14.5. The first-order valence-corrected chi connectivity index (χ1v) is 13.7. The van der Waals surface area contributed by atoms with Crippen LogP contribution in [0.2, 0.25) is 0 Å². The molecule has 0 aliphatic heterocycles. The molecule has 1 unspecified atom stereocenters. The summed E-state index contributed by atoms with van der Waals surface area (Å²) in [4.78, 5) is 40.4. The maximum Gasteiger partial charge on any atom is 0.310 e. The van der Waals surface area contributed by atoms with Crippen LogP contribution in [0.15, 0.2) is 24.3 Å². The van der Waals surface area contributed by atoms with Crippen molar-refractivity contribution in [1.29, 1.82) is 0 Å². The highest BCUT2D eigenvalue weighted by Gasteiger charge is 2.43. The molecular weight excluding hydrogens is 497 g/mol. The van der Waals surface area contributed by atoms with E-state index in [-0.39, 0.29) is 25.0 Å². The van der Waals surface area contributed by atoms with Crippen molar-refractivity contribution < 1.29 is 40.6 Å². The molecule has 0 N–H and O–H groups in total. The molecule has 0 radical (unpaired) electrons. The lowest BCUT2D eigenvalue weighted by atomic mass is 10.0. The molecular formula is C28H39ClNO5P. The third-order valence-corrected chi connectivity index (χ3v) is 9.07. The van der Waals surface area contributed by atoms with E-state index >= 15 is 0 Å². The topological polar surface area (TPSA) is 77.5 Å². The Morgan fingerprint density at radius 2 is 1.11 bits per heavy atom. The SMILES string of the molecule is Cc1cc(C)c(C(=O)P(=O)(CCC(=O)OC(C)[N+](C)(C)C)C(=O)c2c(C)cc(C)cc2C)c(C)c1.[Cl-]. The minimum atomic E-state index is -4.20. The first-order valence-electron chi connectivity index (χ1n) is 11.8. The van der Waals surface area contributed by atoms with Crippen molar-refractivity contribution >= 4 is 24.2 Å². The number of nitrogens with zero attached hydrogens (tertiary/aromatic N) is 1. The van der Waals surface area contributed by atoms with E-state index in [9.17, 15) is 18.9 Å². The molecule has 2 aromatic rings. The Hall–Kier alpha value is -2.27. The summed E-state index contributed by atoms with van der Waals surface area (Å²) in [5.41, 5.74) is 3.82. The summed E-state index contributed by atoms with van der Waals surface area (Å²) in [6.07, 6.45) is -1.09.